The highest BCUT2D eigenvalue weighted by atomic mass is 16.5. The molecular formula is C21H32O4. The van der Waals surface area contributed by atoms with Gasteiger partial charge in [0.05, 0.1) is 0 Å². The summed E-state index contributed by atoms with van der Waals surface area (Å²) in [5.74, 6) is -0.210. The Kier molecular flexibility index (Phi) is 12.3. The third kappa shape index (κ3) is 13.2. The van der Waals surface area contributed by atoms with Crippen LogP contribution in [0.4, 0.5) is 0 Å². The van der Waals surface area contributed by atoms with Crippen LogP contribution in [0.1, 0.15) is 83.5 Å². The molecule has 0 bridgehead atoms. The minimum Gasteiger partial charge on any atom is -0.481 e. The largest absolute Gasteiger partial charge is 0.481 e. The first-order valence-corrected chi connectivity index (χ1v) is 9.66. The summed E-state index contributed by atoms with van der Waals surface area (Å²) in [6, 6.07) is 9.21. The minimum absolute atomic E-state index is 0.144. The molecule has 0 aliphatic rings. The molecule has 0 unspecified atom stereocenters. The maximum absolute atomic E-state index is 11.7. The van der Waals surface area contributed by atoms with E-state index in [9.17, 15) is 9.59 Å². The average Bonchev–Trinajstić information content (AvgIpc) is 2.59. The molecule has 0 saturated carbocycles. The maximum atomic E-state index is 11.7. The summed E-state index contributed by atoms with van der Waals surface area (Å²) in [5, 5.41) is 8.55. The number of carbonyl (C=O) groups excluding carboxylic acids is 1. The van der Waals surface area contributed by atoms with Crippen LogP contribution in [0.15, 0.2) is 30.3 Å². The van der Waals surface area contributed by atoms with Crippen molar-refractivity contribution in [3.63, 3.8) is 0 Å². The summed E-state index contributed by atoms with van der Waals surface area (Å²) < 4.78 is 5.26. The number of carbonyl (C=O) groups is 2. The van der Waals surface area contributed by atoms with Gasteiger partial charge in [-0.25, -0.2) is 0 Å². The Morgan fingerprint density at radius 2 is 1.12 bits per heavy atom. The second-order valence-corrected chi connectivity index (χ2v) is 6.57. The van der Waals surface area contributed by atoms with E-state index in [2.05, 4.69) is 0 Å². The third-order valence-electron chi connectivity index (χ3n) is 4.25. The highest BCUT2D eigenvalue weighted by Gasteiger charge is 2.04. The summed E-state index contributed by atoms with van der Waals surface area (Å²) in [7, 11) is 0. The topological polar surface area (TPSA) is 63.6 Å². The van der Waals surface area contributed by atoms with Gasteiger partial charge in [0.25, 0.3) is 0 Å². The minimum atomic E-state index is -0.687. The lowest BCUT2D eigenvalue weighted by molar-refractivity contribution is -0.137. The van der Waals surface area contributed by atoms with E-state index >= 15 is 0 Å². The summed E-state index contributed by atoms with van der Waals surface area (Å²) in [6.07, 6.45) is 13.1. The highest BCUT2D eigenvalue weighted by Crippen LogP contribution is 2.14. The first-order chi connectivity index (χ1) is 12.2. The van der Waals surface area contributed by atoms with Crippen LogP contribution in [-0.4, -0.2) is 17.0 Å². The standard InChI is InChI=1S/C21H32O4/c22-20(23)17-13-8-6-4-2-1-3-5-7-9-14-18-21(24)25-19-15-11-10-12-16-19/h10-12,15-16H,1-9,13-14,17-18H2,(H,22,23). The van der Waals surface area contributed by atoms with Crippen molar-refractivity contribution in [2.45, 2.75) is 83.5 Å². The van der Waals surface area contributed by atoms with Gasteiger partial charge in [-0.1, -0.05) is 76.0 Å². The zero-order chi connectivity index (χ0) is 18.2. The van der Waals surface area contributed by atoms with Crippen molar-refractivity contribution in [3.8, 4) is 5.75 Å². The molecule has 140 valence electrons. The second-order valence-electron chi connectivity index (χ2n) is 6.57. The fourth-order valence-corrected chi connectivity index (χ4v) is 2.81. The van der Waals surface area contributed by atoms with E-state index in [-0.39, 0.29) is 5.97 Å². The van der Waals surface area contributed by atoms with Gasteiger partial charge in [-0.05, 0) is 25.0 Å². The molecule has 1 N–H and O–H groups in total. The fraction of sp³-hybridized carbons (Fsp3) is 0.619. The predicted octanol–water partition coefficient (Wildman–Crippen LogP) is 5.75. The highest BCUT2D eigenvalue weighted by molar-refractivity contribution is 5.72. The normalized spacial score (nSPS) is 10.6. The predicted molar refractivity (Wildman–Crippen MR) is 99.7 cm³/mol. The van der Waals surface area contributed by atoms with Gasteiger partial charge in [-0.2, -0.15) is 0 Å². The van der Waals surface area contributed by atoms with E-state index < -0.39 is 5.97 Å². The van der Waals surface area contributed by atoms with Crippen LogP contribution in [0.3, 0.4) is 0 Å². The number of rotatable bonds is 15. The zero-order valence-corrected chi connectivity index (χ0v) is 15.3. The number of hydrogen-bond donors (Lipinski definition) is 1. The van der Waals surface area contributed by atoms with Gasteiger partial charge >= 0.3 is 11.9 Å². The Hall–Kier alpha value is -1.84. The molecule has 25 heavy (non-hydrogen) atoms. The van der Waals surface area contributed by atoms with Crippen molar-refractivity contribution >= 4 is 11.9 Å². The van der Waals surface area contributed by atoms with Crippen molar-refractivity contribution < 1.29 is 19.4 Å². The van der Waals surface area contributed by atoms with Crippen LogP contribution in [-0.2, 0) is 9.59 Å². The molecule has 0 fully saturated rings. The van der Waals surface area contributed by atoms with E-state index in [0.29, 0.717) is 18.6 Å². The molecule has 0 spiro atoms. The lowest BCUT2D eigenvalue weighted by Crippen LogP contribution is -2.07. The Morgan fingerprint density at radius 1 is 0.680 bits per heavy atom. The number of aliphatic carboxylic acids is 1. The number of ether oxygens (including phenoxy) is 1. The van der Waals surface area contributed by atoms with Crippen LogP contribution in [0.2, 0.25) is 0 Å². The average molecular weight is 348 g/mol. The smallest absolute Gasteiger partial charge is 0.311 e. The maximum Gasteiger partial charge on any atom is 0.311 e. The zero-order valence-electron chi connectivity index (χ0n) is 15.3. The van der Waals surface area contributed by atoms with Gasteiger partial charge in [-0.15, -0.1) is 0 Å². The Labute approximate surface area is 151 Å². The Balaban J connectivity index is 1.81. The molecule has 1 aromatic rings. The van der Waals surface area contributed by atoms with Gasteiger partial charge in [0, 0.05) is 12.8 Å². The van der Waals surface area contributed by atoms with Crippen molar-refractivity contribution in [1.82, 2.24) is 0 Å². The van der Waals surface area contributed by atoms with E-state index in [1.54, 1.807) is 12.1 Å². The number of carboxylic acids is 1. The number of benzene rings is 1. The SMILES string of the molecule is O=C(O)CCCCCCCCCCCCCC(=O)Oc1ccccc1. The third-order valence-corrected chi connectivity index (χ3v) is 4.25. The number of esters is 1. The van der Waals surface area contributed by atoms with Crippen molar-refractivity contribution in [2.24, 2.45) is 0 Å². The van der Waals surface area contributed by atoms with Crippen molar-refractivity contribution in [1.29, 1.82) is 0 Å². The first-order valence-electron chi connectivity index (χ1n) is 9.66. The number of carboxylic acid groups (broad SMARTS) is 1. The molecule has 0 aliphatic carbocycles. The summed E-state index contributed by atoms with van der Waals surface area (Å²) >= 11 is 0. The van der Waals surface area contributed by atoms with Crippen molar-refractivity contribution in [2.75, 3.05) is 0 Å². The van der Waals surface area contributed by atoms with Gasteiger partial charge in [0.15, 0.2) is 0 Å². The monoisotopic (exact) mass is 348 g/mol. The van der Waals surface area contributed by atoms with Gasteiger partial charge in [0.1, 0.15) is 5.75 Å². The molecule has 1 rings (SSSR count). The molecule has 0 saturated heterocycles. The summed E-state index contributed by atoms with van der Waals surface area (Å²) in [5.41, 5.74) is 0. The Morgan fingerprint density at radius 3 is 1.60 bits per heavy atom. The van der Waals surface area contributed by atoms with Crippen LogP contribution in [0.25, 0.3) is 0 Å². The Bertz CT molecular complexity index is 470. The summed E-state index contributed by atoms with van der Waals surface area (Å²) in [6.45, 7) is 0. The van der Waals surface area contributed by atoms with E-state index in [1.807, 2.05) is 18.2 Å². The van der Waals surface area contributed by atoms with E-state index in [1.165, 1.54) is 38.5 Å². The second kappa shape index (κ2) is 14.5. The molecule has 0 atom stereocenters. The van der Waals surface area contributed by atoms with Crippen LogP contribution < -0.4 is 4.74 Å². The molecule has 0 radical (unpaired) electrons. The van der Waals surface area contributed by atoms with Gasteiger partial charge in [0.2, 0.25) is 0 Å². The molecule has 0 heterocycles. The van der Waals surface area contributed by atoms with E-state index in [0.717, 1.165) is 32.1 Å². The molecule has 0 aromatic heterocycles. The molecule has 1 aromatic carbocycles. The molecule has 0 amide bonds. The van der Waals surface area contributed by atoms with Crippen LogP contribution in [0, 0.1) is 0 Å². The lowest BCUT2D eigenvalue weighted by Gasteiger charge is -2.04. The van der Waals surface area contributed by atoms with E-state index in [4.69, 9.17) is 9.84 Å². The van der Waals surface area contributed by atoms with Crippen LogP contribution >= 0.6 is 0 Å². The molecule has 4 heteroatoms. The molecule has 0 aliphatic heterocycles. The fourth-order valence-electron chi connectivity index (χ4n) is 2.81. The quantitative estimate of drug-likeness (QED) is 0.249. The van der Waals surface area contributed by atoms with Crippen LogP contribution in [0.5, 0.6) is 5.75 Å². The van der Waals surface area contributed by atoms with Crippen molar-refractivity contribution in [3.05, 3.63) is 30.3 Å². The van der Waals surface area contributed by atoms with Gasteiger partial charge < -0.3 is 9.84 Å². The number of hydrogen-bond acceptors (Lipinski definition) is 3. The molecule has 4 nitrogen and oxygen atoms in total. The first kappa shape index (κ1) is 21.2. The van der Waals surface area contributed by atoms with Gasteiger partial charge in [-0.3, -0.25) is 9.59 Å². The number of unbranched alkanes of at least 4 members (excludes halogenated alkanes) is 10. The number of para-hydroxylation sites is 1. The lowest BCUT2D eigenvalue weighted by atomic mass is 10.0. The summed E-state index contributed by atoms with van der Waals surface area (Å²) in [4.78, 5) is 22.1. The molecular weight excluding hydrogens is 316 g/mol.